The van der Waals surface area contributed by atoms with Crippen molar-refractivity contribution < 1.29 is 5.11 Å². The van der Waals surface area contributed by atoms with E-state index in [9.17, 15) is 0 Å². The second-order valence-corrected chi connectivity index (χ2v) is 5.25. The average Bonchev–Trinajstić information content (AvgIpc) is 2.45. The molecule has 1 aliphatic rings. The van der Waals surface area contributed by atoms with E-state index in [1.54, 1.807) is 0 Å². The van der Waals surface area contributed by atoms with Crippen molar-refractivity contribution in [3.05, 3.63) is 0 Å². The molecule has 3 nitrogen and oxygen atoms in total. The molecule has 1 aliphatic heterocycles. The monoisotopic (exact) mass is 214 g/mol. The topological polar surface area (TPSA) is 35.5 Å². The highest BCUT2D eigenvalue weighted by molar-refractivity contribution is 4.87. The highest BCUT2D eigenvalue weighted by Gasteiger charge is 2.28. The molecule has 0 aromatic heterocycles. The molecule has 3 unspecified atom stereocenters. The Morgan fingerprint density at radius 2 is 2.13 bits per heavy atom. The second kappa shape index (κ2) is 5.83. The van der Waals surface area contributed by atoms with Crippen LogP contribution in [0, 0.1) is 5.92 Å². The van der Waals surface area contributed by atoms with Crippen molar-refractivity contribution in [2.75, 3.05) is 20.2 Å². The molecule has 1 rings (SSSR count). The molecule has 90 valence electrons. The third-order valence-electron chi connectivity index (χ3n) is 3.58. The summed E-state index contributed by atoms with van der Waals surface area (Å²) in [5.41, 5.74) is 0. The van der Waals surface area contributed by atoms with Crippen LogP contribution in [0.5, 0.6) is 0 Å². The van der Waals surface area contributed by atoms with Crippen molar-refractivity contribution in [2.24, 2.45) is 5.92 Å². The van der Waals surface area contributed by atoms with Gasteiger partial charge in [0, 0.05) is 31.3 Å². The van der Waals surface area contributed by atoms with Gasteiger partial charge in [0.05, 0.1) is 0 Å². The molecule has 1 heterocycles. The molecule has 0 bridgehead atoms. The van der Waals surface area contributed by atoms with E-state index < -0.39 is 0 Å². The summed E-state index contributed by atoms with van der Waals surface area (Å²) < 4.78 is 0. The average molecular weight is 214 g/mol. The molecular weight excluding hydrogens is 188 g/mol. The molecule has 0 amide bonds. The summed E-state index contributed by atoms with van der Waals surface area (Å²) >= 11 is 0. The second-order valence-electron chi connectivity index (χ2n) is 5.25. The van der Waals surface area contributed by atoms with E-state index in [-0.39, 0.29) is 6.61 Å². The van der Waals surface area contributed by atoms with Gasteiger partial charge in [-0.25, -0.2) is 0 Å². The first kappa shape index (κ1) is 12.9. The van der Waals surface area contributed by atoms with Gasteiger partial charge in [-0.1, -0.05) is 13.8 Å². The van der Waals surface area contributed by atoms with Crippen LogP contribution in [0.25, 0.3) is 0 Å². The summed E-state index contributed by atoms with van der Waals surface area (Å²) in [6.07, 6.45) is 2.09. The fourth-order valence-corrected chi connectivity index (χ4v) is 2.37. The summed E-state index contributed by atoms with van der Waals surface area (Å²) in [6.45, 7) is 8.13. The number of likely N-dealkylation sites (N-methyl/N-ethyl adjacent to an activating group) is 1. The standard InChI is InChI=1S/C12H26N2O/c1-9(2)12(5-6-15)13-11-7-10(3)14(4)8-11/h9-13,15H,5-8H2,1-4H3. The Morgan fingerprint density at radius 1 is 1.47 bits per heavy atom. The largest absolute Gasteiger partial charge is 0.396 e. The Kier molecular flexibility index (Phi) is 5.03. The summed E-state index contributed by atoms with van der Waals surface area (Å²) in [4.78, 5) is 2.40. The minimum Gasteiger partial charge on any atom is -0.396 e. The maximum Gasteiger partial charge on any atom is 0.0445 e. The van der Waals surface area contributed by atoms with Crippen LogP contribution in [0.2, 0.25) is 0 Å². The number of likely N-dealkylation sites (tertiary alicyclic amines) is 1. The number of nitrogens with one attached hydrogen (secondary N) is 1. The van der Waals surface area contributed by atoms with E-state index in [0.717, 1.165) is 13.0 Å². The van der Waals surface area contributed by atoms with Crippen molar-refractivity contribution in [3.8, 4) is 0 Å². The molecule has 3 heteroatoms. The van der Waals surface area contributed by atoms with E-state index in [4.69, 9.17) is 5.11 Å². The van der Waals surface area contributed by atoms with E-state index in [2.05, 4.69) is 38.0 Å². The number of aliphatic hydroxyl groups is 1. The number of rotatable bonds is 5. The van der Waals surface area contributed by atoms with Gasteiger partial charge in [-0.15, -0.1) is 0 Å². The van der Waals surface area contributed by atoms with Crippen LogP contribution in [0.15, 0.2) is 0 Å². The molecule has 0 aliphatic carbocycles. The predicted molar refractivity (Wildman–Crippen MR) is 64.0 cm³/mol. The lowest BCUT2D eigenvalue weighted by atomic mass is 10.00. The van der Waals surface area contributed by atoms with E-state index in [1.165, 1.54) is 6.42 Å². The summed E-state index contributed by atoms with van der Waals surface area (Å²) in [5, 5.41) is 12.7. The van der Waals surface area contributed by atoms with Crippen LogP contribution in [0.1, 0.15) is 33.6 Å². The zero-order valence-electron chi connectivity index (χ0n) is 10.5. The lowest BCUT2D eigenvalue weighted by molar-refractivity contribution is 0.234. The summed E-state index contributed by atoms with van der Waals surface area (Å²) in [5.74, 6) is 0.596. The molecule has 2 N–H and O–H groups in total. The molecule has 15 heavy (non-hydrogen) atoms. The number of nitrogens with zero attached hydrogens (tertiary/aromatic N) is 1. The van der Waals surface area contributed by atoms with Gasteiger partial charge in [0.2, 0.25) is 0 Å². The van der Waals surface area contributed by atoms with Crippen LogP contribution >= 0.6 is 0 Å². The van der Waals surface area contributed by atoms with Crippen LogP contribution in [-0.2, 0) is 0 Å². The minimum absolute atomic E-state index is 0.286. The Bertz CT molecular complexity index is 174. The maximum absolute atomic E-state index is 9.01. The fourth-order valence-electron chi connectivity index (χ4n) is 2.37. The third-order valence-corrected chi connectivity index (χ3v) is 3.58. The van der Waals surface area contributed by atoms with Crippen molar-refractivity contribution in [3.63, 3.8) is 0 Å². The first-order chi connectivity index (χ1) is 7.04. The van der Waals surface area contributed by atoms with E-state index >= 15 is 0 Å². The molecule has 0 spiro atoms. The highest BCUT2D eigenvalue weighted by atomic mass is 16.3. The Labute approximate surface area is 93.9 Å². The van der Waals surface area contributed by atoms with Gasteiger partial charge in [-0.2, -0.15) is 0 Å². The zero-order valence-corrected chi connectivity index (χ0v) is 10.5. The Hall–Kier alpha value is -0.120. The SMILES string of the molecule is CC(C)C(CCO)NC1CC(C)N(C)C1. The molecule has 1 fully saturated rings. The zero-order chi connectivity index (χ0) is 11.4. The van der Waals surface area contributed by atoms with Crippen LogP contribution in [0.4, 0.5) is 0 Å². The smallest absolute Gasteiger partial charge is 0.0445 e. The van der Waals surface area contributed by atoms with Gasteiger partial charge in [0.25, 0.3) is 0 Å². The number of hydrogen-bond donors (Lipinski definition) is 2. The first-order valence-electron chi connectivity index (χ1n) is 6.11. The Morgan fingerprint density at radius 3 is 2.53 bits per heavy atom. The normalized spacial score (nSPS) is 30.0. The van der Waals surface area contributed by atoms with Crippen LogP contribution in [0.3, 0.4) is 0 Å². The molecule has 0 radical (unpaired) electrons. The lowest BCUT2D eigenvalue weighted by Crippen LogP contribution is -2.43. The quantitative estimate of drug-likeness (QED) is 0.719. The molecule has 0 aromatic rings. The lowest BCUT2D eigenvalue weighted by Gasteiger charge is -2.25. The van der Waals surface area contributed by atoms with Crippen LogP contribution < -0.4 is 5.32 Å². The van der Waals surface area contributed by atoms with Gasteiger partial charge in [0.15, 0.2) is 0 Å². The molecule has 0 aromatic carbocycles. The Balaban J connectivity index is 2.38. The third kappa shape index (κ3) is 3.74. The molecular formula is C12H26N2O. The number of aliphatic hydroxyl groups excluding tert-OH is 1. The van der Waals surface area contributed by atoms with Gasteiger partial charge < -0.3 is 15.3 Å². The van der Waals surface area contributed by atoms with Crippen molar-refractivity contribution in [2.45, 2.75) is 51.7 Å². The van der Waals surface area contributed by atoms with E-state index in [1.807, 2.05) is 0 Å². The summed E-state index contributed by atoms with van der Waals surface area (Å²) in [6, 6.07) is 1.74. The van der Waals surface area contributed by atoms with Crippen molar-refractivity contribution >= 4 is 0 Å². The van der Waals surface area contributed by atoms with Crippen molar-refractivity contribution in [1.82, 2.24) is 10.2 Å². The van der Waals surface area contributed by atoms with Crippen LogP contribution in [-0.4, -0.2) is 48.3 Å². The van der Waals surface area contributed by atoms with Gasteiger partial charge in [-0.3, -0.25) is 0 Å². The molecule has 0 saturated carbocycles. The van der Waals surface area contributed by atoms with E-state index in [0.29, 0.717) is 24.0 Å². The van der Waals surface area contributed by atoms with Gasteiger partial charge >= 0.3 is 0 Å². The van der Waals surface area contributed by atoms with Gasteiger partial charge in [-0.05, 0) is 32.7 Å². The molecule has 1 saturated heterocycles. The minimum atomic E-state index is 0.286. The van der Waals surface area contributed by atoms with Crippen molar-refractivity contribution in [1.29, 1.82) is 0 Å². The molecule has 3 atom stereocenters. The predicted octanol–water partition coefficient (Wildman–Crippen LogP) is 1.08. The number of hydrogen-bond acceptors (Lipinski definition) is 3. The van der Waals surface area contributed by atoms with Gasteiger partial charge in [0.1, 0.15) is 0 Å². The highest BCUT2D eigenvalue weighted by Crippen LogP contribution is 2.17. The maximum atomic E-state index is 9.01. The first-order valence-corrected chi connectivity index (χ1v) is 6.11. The fraction of sp³-hybridized carbons (Fsp3) is 1.00. The summed E-state index contributed by atoms with van der Waals surface area (Å²) in [7, 11) is 2.18.